The van der Waals surface area contributed by atoms with Gasteiger partial charge in [-0.25, -0.2) is 0 Å². The number of nitrogens with one attached hydrogen (secondary N) is 1. The molecule has 1 aliphatic heterocycles. The molecule has 0 unspecified atom stereocenters. The normalized spacial score (nSPS) is 14.4. The molecular weight excluding hydrogens is 468 g/mol. The molecule has 0 radical (unpaired) electrons. The Hall–Kier alpha value is -3.46. The highest BCUT2D eigenvalue weighted by Gasteiger charge is 2.34. The highest BCUT2D eigenvalue weighted by Crippen LogP contribution is 2.40. The molecule has 1 aliphatic rings. The van der Waals surface area contributed by atoms with E-state index in [1.54, 1.807) is 18.2 Å². The zero-order chi connectivity index (χ0) is 25.4. The second-order valence-corrected chi connectivity index (χ2v) is 8.81. The predicted octanol–water partition coefficient (Wildman–Crippen LogP) is 4.06. The highest BCUT2D eigenvalue weighted by atomic mass is 32.2. The number of aryl methyl sites for hydroxylation is 2. The van der Waals surface area contributed by atoms with Crippen molar-refractivity contribution in [1.82, 2.24) is 10.2 Å². The highest BCUT2D eigenvalue weighted by molar-refractivity contribution is 8.18. The molecule has 1 N–H and O–H groups in total. The molecule has 9 heteroatoms. The molecule has 0 atom stereocenters. The third kappa shape index (κ3) is 6.57. The molecule has 2 aromatic carbocycles. The van der Waals surface area contributed by atoms with Crippen molar-refractivity contribution < 1.29 is 28.6 Å². The van der Waals surface area contributed by atoms with E-state index in [0.717, 1.165) is 28.6 Å². The Morgan fingerprint density at radius 1 is 1.00 bits per heavy atom. The second-order valence-electron chi connectivity index (χ2n) is 7.81. The molecule has 0 bridgehead atoms. The van der Waals surface area contributed by atoms with E-state index < -0.39 is 5.91 Å². The SMILES string of the molecule is CCc1ccc(CCC(=O)NCCN2C(=O)S/C(=C\c3cc(OC)c(OC)c(OC)c3)C2=O)cc1. The van der Waals surface area contributed by atoms with E-state index in [9.17, 15) is 14.4 Å². The van der Waals surface area contributed by atoms with Gasteiger partial charge in [0.2, 0.25) is 11.7 Å². The average Bonchev–Trinajstić information content (AvgIpc) is 3.14. The average molecular weight is 499 g/mol. The first-order chi connectivity index (χ1) is 16.9. The first kappa shape index (κ1) is 26.2. The van der Waals surface area contributed by atoms with Crippen LogP contribution in [0.15, 0.2) is 41.3 Å². The number of nitrogens with zero attached hydrogens (tertiary/aromatic N) is 1. The van der Waals surface area contributed by atoms with Gasteiger partial charge in [-0.2, -0.15) is 0 Å². The fourth-order valence-corrected chi connectivity index (χ4v) is 4.49. The lowest BCUT2D eigenvalue weighted by atomic mass is 10.1. The molecule has 186 valence electrons. The Morgan fingerprint density at radius 3 is 2.20 bits per heavy atom. The minimum atomic E-state index is -0.404. The summed E-state index contributed by atoms with van der Waals surface area (Å²) in [6, 6.07) is 11.6. The van der Waals surface area contributed by atoms with Crippen molar-refractivity contribution in [2.75, 3.05) is 34.4 Å². The summed E-state index contributed by atoms with van der Waals surface area (Å²) in [5.74, 6) is 0.806. The van der Waals surface area contributed by atoms with E-state index in [1.165, 1.54) is 26.9 Å². The summed E-state index contributed by atoms with van der Waals surface area (Å²) < 4.78 is 16.0. The standard InChI is InChI=1S/C26H30N2O6S/c1-5-17-6-8-18(9-7-17)10-11-23(29)27-12-13-28-25(30)22(35-26(28)31)16-19-14-20(32-2)24(34-4)21(15-19)33-3/h6-9,14-16H,5,10-13H2,1-4H3,(H,27,29)/b22-16-. The van der Waals surface area contributed by atoms with Crippen LogP contribution in [0.3, 0.4) is 0 Å². The first-order valence-corrected chi connectivity index (χ1v) is 12.1. The lowest BCUT2D eigenvalue weighted by Crippen LogP contribution is -2.37. The van der Waals surface area contributed by atoms with Crippen molar-refractivity contribution in [3.8, 4) is 17.2 Å². The van der Waals surface area contributed by atoms with Crippen molar-refractivity contribution in [2.24, 2.45) is 0 Å². The fourth-order valence-electron chi connectivity index (χ4n) is 3.62. The molecule has 3 rings (SSSR count). The van der Waals surface area contributed by atoms with Crippen molar-refractivity contribution in [2.45, 2.75) is 26.2 Å². The third-order valence-electron chi connectivity index (χ3n) is 5.59. The summed E-state index contributed by atoms with van der Waals surface area (Å²) in [5.41, 5.74) is 2.99. The number of rotatable bonds is 11. The van der Waals surface area contributed by atoms with Gasteiger partial charge in [-0.3, -0.25) is 19.3 Å². The zero-order valence-electron chi connectivity index (χ0n) is 20.4. The molecule has 1 fully saturated rings. The second kappa shape index (κ2) is 12.3. The van der Waals surface area contributed by atoms with E-state index in [4.69, 9.17) is 14.2 Å². The van der Waals surface area contributed by atoms with Crippen LogP contribution in [-0.2, 0) is 22.4 Å². The van der Waals surface area contributed by atoms with Gasteiger partial charge in [0.15, 0.2) is 11.5 Å². The Bertz CT molecular complexity index is 1090. The summed E-state index contributed by atoms with van der Waals surface area (Å²) in [5, 5.41) is 2.41. The van der Waals surface area contributed by atoms with Crippen LogP contribution in [0.4, 0.5) is 4.79 Å². The lowest BCUT2D eigenvalue weighted by molar-refractivity contribution is -0.124. The van der Waals surface area contributed by atoms with Gasteiger partial charge in [-0.05, 0) is 59.5 Å². The quantitative estimate of drug-likeness (QED) is 0.467. The van der Waals surface area contributed by atoms with Gasteiger partial charge < -0.3 is 19.5 Å². The maximum atomic E-state index is 12.8. The van der Waals surface area contributed by atoms with Gasteiger partial charge in [0.05, 0.1) is 26.2 Å². The first-order valence-electron chi connectivity index (χ1n) is 11.3. The number of ether oxygens (including phenoxy) is 3. The van der Waals surface area contributed by atoms with Gasteiger partial charge in [0.25, 0.3) is 11.1 Å². The van der Waals surface area contributed by atoms with Crippen LogP contribution in [0.25, 0.3) is 6.08 Å². The summed E-state index contributed by atoms with van der Waals surface area (Å²) in [6.07, 6.45) is 3.56. The smallest absolute Gasteiger partial charge is 0.293 e. The fraction of sp³-hybridized carbons (Fsp3) is 0.346. The molecule has 0 aliphatic carbocycles. The summed E-state index contributed by atoms with van der Waals surface area (Å²) >= 11 is 0.856. The van der Waals surface area contributed by atoms with Crippen LogP contribution in [0, 0.1) is 0 Å². The van der Waals surface area contributed by atoms with Crippen LogP contribution >= 0.6 is 11.8 Å². The summed E-state index contributed by atoms with van der Waals surface area (Å²) in [4.78, 5) is 38.8. The maximum Gasteiger partial charge on any atom is 0.293 e. The van der Waals surface area contributed by atoms with Crippen LogP contribution < -0.4 is 19.5 Å². The number of hydrogen-bond acceptors (Lipinski definition) is 7. The topological polar surface area (TPSA) is 94.2 Å². The minimum Gasteiger partial charge on any atom is -0.493 e. The van der Waals surface area contributed by atoms with Crippen LogP contribution in [0.2, 0.25) is 0 Å². The molecule has 0 spiro atoms. The predicted molar refractivity (Wildman–Crippen MR) is 136 cm³/mol. The molecular formula is C26H30N2O6S. The van der Waals surface area contributed by atoms with Gasteiger partial charge >= 0.3 is 0 Å². The molecule has 8 nitrogen and oxygen atoms in total. The number of hydrogen-bond donors (Lipinski definition) is 1. The molecule has 3 amide bonds. The van der Waals surface area contributed by atoms with Crippen LogP contribution in [0.1, 0.15) is 30.0 Å². The largest absolute Gasteiger partial charge is 0.493 e. The Balaban J connectivity index is 1.56. The number of thioether (sulfide) groups is 1. The monoisotopic (exact) mass is 498 g/mol. The van der Waals surface area contributed by atoms with E-state index in [0.29, 0.717) is 35.7 Å². The van der Waals surface area contributed by atoms with E-state index in [-0.39, 0.29) is 29.1 Å². The van der Waals surface area contributed by atoms with E-state index >= 15 is 0 Å². The summed E-state index contributed by atoms with van der Waals surface area (Å²) in [7, 11) is 4.52. The number of imide groups is 1. The number of carbonyl (C=O) groups is 3. The van der Waals surface area contributed by atoms with Crippen molar-refractivity contribution >= 4 is 34.9 Å². The molecule has 0 saturated carbocycles. The van der Waals surface area contributed by atoms with Crippen molar-refractivity contribution in [3.63, 3.8) is 0 Å². The Morgan fingerprint density at radius 2 is 1.63 bits per heavy atom. The van der Waals surface area contributed by atoms with Gasteiger partial charge in [0, 0.05) is 19.5 Å². The number of benzene rings is 2. The molecule has 1 heterocycles. The zero-order valence-corrected chi connectivity index (χ0v) is 21.2. The van der Waals surface area contributed by atoms with Gasteiger partial charge in [-0.1, -0.05) is 31.2 Å². The van der Waals surface area contributed by atoms with E-state index in [1.807, 2.05) is 12.1 Å². The Kier molecular flexibility index (Phi) is 9.19. The van der Waals surface area contributed by atoms with Gasteiger partial charge in [0.1, 0.15) is 0 Å². The van der Waals surface area contributed by atoms with Crippen LogP contribution in [0.5, 0.6) is 17.2 Å². The minimum absolute atomic E-state index is 0.105. The lowest BCUT2D eigenvalue weighted by Gasteiger charge is -2.13. The number of methoxy groups -OCH3 is 3. The third-order valence-corrected chi connectivity index (χ3v) is 6.50. The van der Waals surface area contributed by atoms with Crippen molar-refractivity contribution in [1.29, 1.82) is 0 Å². The molecule has 0 aromatic heterocycles. The van der Waals surface area contributed by atoms with Crippen LogP contribution in [-0.4, -0.2) is 56.4 Å². The van der Waals surface area contributed by atoms with Gasteiger partial charge in [-0.15, -0.1) is 0 Å². The molecule has 1 saturated heterocycles. The summed E-state index contributed by atoms with van der Waals surface area (Å²) in [6.45, 7) is 2.40. The van der Waals surface area contributed by atoms with Crippen molar-refractivity contribution in [3.05, 3.63) is 58.0 Å². The molecule has 2 aromatic rings. The maximum absolute atomic E-state index is 12.8. The van der Waals surface area contributed by atoms with E-state index in [2.05, 4.69) is 24.4 Å². The number of amides is 3. The Labute approximate surface area is 209 Å². The molecule has 35 heavy (non-hydrogen) atoms. The number of carbonyl (C=O) groups excluding carboxylic acids is 3.